The van der Waals surface area contributed by atoms with Crippen LogP contribution in [0.4, 0.5) is 34.9 Å². The molecule has 2 aliphatic rings. The van der Waals surface area contributed by atoms with Crippen LogP contribution >= 0.6 is 11.3 Å². The molecule has 35 heavy (non-hydrogen) atoms. The number of hydrogen-bond donors (Lipinski definition) is 2. The van der Waals surface area contributed by atoms with Crippen LogP contribution in [0, 0.1) is 11.6 Å². The molecule has 184 valence electrons. The molecule has 3 amide bonds. The highest BCUT2D eigenvalue weighted by atomic mass is 32.1. The van der Waals surface area contributed by atoms with E-state index in [1.54, 1.807) is 6.20 Å². The van der Waals surface area contributed by atoms with Crippen molar-refractivity contribution in [2.45, 2.75) is 12.6 Å². The van der Waals surface area contributed by atoms with Gasteiger partial charge in [0.15, 0.2) is 11.6 Å². The number of halogens is 2. The van der Waals surface area contributed by atoms with E-state index >= 15 is 8.78 Å². The number of carbonyl (C=O) groups excluding carboxylic acids is 2. The molecule has 1 atom stereocenters. The molecule has 0 aliphatic carbocycles. The molecule has 0 saturated carbocycles. The Morgan fingerprint density at radius 3 is 2.77 bits per heavy atom. The second kappa shape index (κ2) is 9.75. The Morgan fingerprint density at radius 1 is 1.23 bits per heavy atom. The Balaban J connectivity index is 1.25. The predicted octanol–water partition coefficient (Wildman–Crippen LogP) is 1.29. The first kappa shape index (κ1) is 22.9. The van der Waals surface area contributed by atoms with Crippen molar-refractivity contribution in [2.75, 3.05) is 47.8 Å². The minimum Gasteiger partial charge on any atom is -0.442 e. The summed E-state index contributed by atoms with van der Waals surface area (Å²) in [5.74, 6) is -1.64. The molecule has 2 N–H and O–H groups in total. The van der Waals surface area contributed by atoms with Gasteiger partial charge in [-0.05, 0) is 0 Å². The van der Waals surface area contributed by atoms with Gasteiger partial charge in [-0.15, -0.1) is 15.3 Å². The van der Waals surface area contributed by atoms with Gasteiger partial charge in [0.05, 0.1) is 31.5 Å². The van der Waals surface area contributed by atoms with Gasteiger partial charge in [-0.2, -0.15) is 0 Å². The second-order valence-corrected chi connectivity index (χ2v) is 8.55. The summed E-state index contributed by atoms with van der Waals surface area (Å²) in [6, 6.07) is 1.76. The molecule has 13 nitrogen and oxygen atoms in total. The van der Waals surface area contributed by atoms with E-state index in [-0.39, 0.29) is 50.6 Å². The maximum absolute atomic E-state index is 15.1. The van der Waals surface area contributed by atoms with E-state index in [4.69, 9.17) is 4.74 Å². The van der Waals surface area contributed by atoms with Gasteiger partial charge in [0.25, 0.3) is 0 Å². The van der Waals surface area contributed by atoms with Crippen LogP contribution in [-0.2, 0) is 11.3 Å². The quantitative estimate of drug-likeness (QED) is 0.525. The lowest BCUT2D eigenvalue weighted by molar-refractivity contribution is 0.129. The van der Waals surface area contributed by atoms with Gasteiger partial charge < -0.3 is 9.64 Å². The maximum atomic E-state index is 15.1. The molecule has 3 aromatic rings. The van der Waals surface area contributed by atoms with E-state index in [0.717, 1.165) is 12.1 Å². The van der Waals surface area contributed by atoms with Gasteiger partial charge in [0.2, 0.25) is 5.13 Å². The molecule has 0 radical (unpaired) electrons. The molecular formula is C19H20F2N10O3S. The van der Waals surface area contributed by atoms with Crippen LogP contribution in [0.3, 0.4) is 0 Å². The zero-order chi connectivity index (χ0) is 24.4. The van der Waals surface area contributed by atoms with Crippen molar-refractivity contribution >= 4 is 40.0 Å². The highest BCUT2D eigenvalue weighted by molar-refractivity contribution is 7.13. The molecule has 5 rings (SSSR count). The number of anilines is 3. The van der Waals surface area contributed by atoms with Crippen LogP contribution in [0.2, 0.25) is 0 Å². The van der Waals surface area contributed by atoms with E-state index in [2.05, 4.69) is 31.3 Å². The topological polar surface area (TPSA) is 134 Å². The standard InChI is InChI=1S/C19H20F2N10O3S/c20-14-7-12(30-10-13(34-19(30)33)9-29-4-1-22-27-29)8-15(21)16(14)28-3-2-24-31(6-5-28)18(32)25-17-26-23-11-35-17/h1,4,7-8,11,13,24H,2-3,5-6,9-10H2,(H,25,26,32)/t13-/m0/s1. The molecule has 0 unspecified atom stereocenters. The summed E-state index contributed by atoms with van der Waals surface area (Å²) >= 11 is 1.17. The molecule has 0 bridgehead atoms. The van der Waals surface area contributed by atoms with Gasteiger partial charge in [0, 0.05) is 38.0 Å². The monoisotopic (exact) mass is 506 g/mol. The summed E-state index contributed by atoms with van der Waals surface area (Å²) in [7, 11) is 0. The lowest BCUT2D eigenvalue weighted by Gasteiger charge is -2.25. The summed E-state index contributed by atoms with van der Waals surface area (Å²) in [6.45, 7) is 1.25. The number of nitrogens with zero attached hydrogens (tertiary/aromatic N) is 8. The van der Waals surface area contributed by atoms with Crippen molar-refractivity contribution in [1.29, 1.82) is 0 Å². The third-order valence-electron chi connectivity index (χ3n) is 5.46. The summed E-state index contributed by atoms with van der Waals surface area (Å²) in [5, 5.41) is 19.2. The minimum absolute atomic E-state index is 0.0563. The molecule has 16 heteroatoms. The van der Waals surface area contributed by atoms with Gasteiger partial charge in [-0.3, -0.25) is 15.2 Å². The zero-order valence-corrected chi connectivity index (χ0v) is 19.0. The molecule has 2 saturated heterocycles. The molecular weight excluding hydrogens is 486 g/mol. The van der Waals surface area contributed by atoms with E-state index in [1.807, 2.05) is 0 Å². The number of nitrogens with one attached hydrogen (secondary N) is 2. The van der Waals surface area contributed by atoms with Gasteiger partial charge in [-0.25, -0.2) is 28.5 Å². The number of aromatic nitrogens is 5. The number of ether oxygens (including phenoxy) is 1. The predicted molar refractivity (Wildman–Crippen MR) is 120 cm³/mol. The van der Waals surface area contributed by atoms with Crippen molar-refractivity contribution < 1.29 is 23.1 Å². The van der Waals surface area contributed by atoms with Gasteiger partial charge >= 0.3 is 12.1 Å². The fraction of sp³-hybridized carbons (Fsp3) is 0.368. The number of amides is 3. The van der Waals surface area contributed by atoms with E-state index in [0.29, 0.717) is 5.13 Å². The number of rotatable bonds is 5. The fourth-order valence-electron chi connectivity index (χ4n) is 3.89. The van der Waals surface area contributed by atoms with Crippen LogP contribution in [0.1, 0.15) is 0 Å². The highest BCUT2D eigenvalue weighted by Gasteiger charge is 2.34. The Bertz CT molecular complexity index is 1170. The van der Waals surface area contributed by atoms with Crippen molar-refractivity contribution in [3.63, 3.8) is 0 Å². The second-order valence-electron chi connectivity index (χ2n) is 7.72. The van der Waals surface area contributed by atoms with Crippen LogP contribution in [-0.4, -0.2) is 81.2 Å². The third-order valence-corrected chi connectivity index (χ3v) is 6.07. The van der Waals surface area contributed by atoms with Gasteiger partial charge in [0.1, 0.15) is 17.3 Å². The maximum Gasteiger partial charge on any atom is 0.414 e. The van der Waals surface area contributed by atoms with Crippen molar-refractivity contribution in [3.8, 4) is 0 Å². The Labute approximate surface area is 201 Å². The first-order valence-electron chi connectivity index (χ1n) is 10.6. The number of benzene rings is 1. The summed E-state index contributed by atoms with van der Waals surface area (Å²) in [5.41, 5.74) is 4.24. The number of urea groups is 1. The summed E-state index contributed by atoms with van der Waals surface area (Å²) in [6.07, 6.45) is 1.89. The fourth-order valence-corrected chi connectivity index (χ4v) is 4.33. The molecule has 2 fully saturated rings. The zero-order valence-electron chi connectivity index (χ0n) is 18.2. The highest BCUT2D eigenvalue weighted by Crippen LogP contribution is 2.31. The molecule has 2 aromatic heterocycles. The summed E-state index contributed by atoms with van der Waals surface area (Å²) in [4.78, 5) is 27.4. The SMILES string of the molecule is O=C(Nc1nncs1)N1CCN(c2c(F)cc(N3C[C@H](Cn4ccnn4)OC3=O)cc2F)CCN1. The van der Waals surface area contributed by atoms with Crippen LogP contribution in [0.15, 0.2) is 30.0 Å². The smallest absolute Gasteiger partial charge is 0.414 e. The van der Waals surface area contributed by atoms with Crippen LogP contribution in [0.25, 0.3) is 0 Å². The average Bonchev–Trinajstić information content (AvgIpc) is 3.55. The van der Waals surface area contributed by atoms with Crippen molar-refractivity contribution in [2.24, 2.45) is 0 Å². The number of hydrazine groups is 1. The molecule has 0 spiro atoms. The van der Waals surface area contributed by atoms with E-state index < -0.39 is 29.9 Å². The average molecular weight is 506 g/mol. The van der Waals surface area contributed by atoms with Crippen LogP contribution < -0.4 is 20.5 Å². The minimum atomic E-state index is -0.820. The summed E-state index contributed by atoms with van der Waals surface area (Å²) < 4.78 is 37.0. The lowest BCUT2D eigenvalue weighted by Crippen LogP contribution is -2.46. The van der Waals surface area contributed by atoms with Crippen molar-refractivity contribution in [1.82, 2.24) is 35.6 Å². The van der Waals surface area contributed by atoms with Gasteiger partial charge in [-0.1, -0.05) is 16.6 Å². The Kier molecular flexibility index (Phi) is 6.37. The first-order valence-corrected chi connectivity index (χ1v) is 11.5. The Morgan fingerprint density at radius 2 is 2.06 bits per heavy atom. The third kappa shape index (κ3) is 4.97. The number of hydrogen-bond acceptors (Lipinski definition) is 10. The largest absolute Gasteiger partial charge is 0.442 e. The molecule has 2 aliphatic heterocycles. The van der Waals surface area contributed by atoms with Crippen molar-refractivity contribution in [3.05, 3.63) is 41.7 Å². The number of carbonyl (C=O) groups is 2. The Hall–Kier alpha value is -3.92. The lowest BCUT2D eigenvalue weighted by atomic mass is 10.2. The first-order chi connectivity index (χ1) is 17.0. The molecule has 4 heterocycles. The van der Waals surface area contributed by atoms with E-state index in [9.17, 15) is 9.59 Å². The van der Waals surface area contributed by atoms with E-state index in [1.165, 1.54) is 42.5 Å². The normalized spacial score (nSPS) is 18.5. The molecule has 1 aromatic carbocycles. The van der Waals surface area contributed by atoms with Crippen LogP contribution in [0.5, 0.6) is 0 Å². The number of cyclic esters (lactones) is 1.